The zero-order valence-corrected chi connectivity index (χ0v) is 13.2. The Morgan fingerprint density at radius 1 is 1.09 bits per heavy atom. The molecule has 0 radical (unpaired) electrons. The summed E-state index contributed by atoms with van der Waals surface area (Å²) in [7, 11) is 1.50. The molecule has 1 aliphatic carbocycles. The Hall–Kier alpha value is -2.28. The molecule has 7 heteroatoms. The molecule has 0 spiro atoms. The van der Waals surface area contributed by atoms with Crippen LogP contribution in [0.4, 0.5) is 13.8 Å². The van der Waals surface area contributed by atoms with Crippen LogP contribution < -0.4 is 10.6 Å². The number of halogens is 2. The molecule has 0 atom stereocenters. The molecule has 4 nitrogen and oxygen atoms in total. The lowest BCUT2D eigenvalue weighted by molar-refractivity contribution is 0.0963. The molecule has 0 saturated heterocycles. The van der Waals surface area contributed by atoms with Crippen LogP contribution in [0.25, 0.3) is 0 Å². The van der Waals surface area contributed by atoms with E-state index in [2.05, 4.69) is 10.6 Å². The van der Waals surface area contributed by atoms with Crippen molar-refractivity contribution in [2.24, 2.45) is 0 Å². The highest BCUT2D eigenvalue weighted by Crippen LogP contribution is 2.39. The lowest BCUT2D eigenvalue weighted by Crippen LogP contribution is -2.22. The number of benzene rings is 1. The first-order valence-corrected chi connectivity index (χ1v) is 7.96. The number of rotatable bonds is 3. The fourth-order valence-electron chi connectivity index (χ4n) is 2.74. The minimum absolute atomic E-state index is 0.311. The second kappa shape index (κ2) is 6.08. The average Bonchev–Trinajstić information content (AvgIpc) is 3.06. The Bertz CT molecular complexity index is 781. The van der Waals surface area contributed by atoms with Crippen molar-refractivity contribution in [1.29, 1.82) is 0 Å². The second-order valence-electron chi connectivity index (χ2n) is 5.19. The van der Waals surface area contributed by atoms with Crippen molar-refractivity contribution in [2.75, 3.05) is 12.4 Å². The van der Waals surface area contributed by atoms with Gasteiger partial charge in [0.1, 0.15) is 22.2 Å². The summed E-state index contributed by atoms with van der Waals surface area (Å²) in [5, 5.41) is 5.37. The van der Waals surface area contributed by atoms with Gasteiger partial charge in [0.25, 0.3) is 11.8 Å². The molecule has 0 bridgehead atoms. The highest BCUT2D eigenvalue weighted by Gasteiger charge is 2.28. The first kappa shape index (κ1) is 15.6. The molecule has 0 fully saturated rings. The summed E-state index contributed by atoms with van der Waals surface area (Å²) in [6, 6.07) is 3.23. The van der Waals surface area contributed by atoms with Gasteiger partial charge < -0.3 is 10.6 Å². The van der Waals surface area contributed by atoms with E-state index >= 15 is 0 Å². The van der Waals surface area contributed by atoms with Gasteiger partial charge in [-0.05, 0) is 37.0 Å². The third kappa shape index (κ3) is 2.72. The quantitative estimate of drug-likeness (QED) is 0.905. The van der Waals surface area contributed by atoms with Crippen LogP contribution in [0.15, 0.2) is 18.2 Å². The maximum Gasteiger partial charge on any atom is 0.262 e. The van der Waals surface area contributed by atoms with Crippen LogP contribution >= 0.6 is 11.3 Å². The molecular weight excluding hydrogens is 322 g/mol. The predicted molar refractivity (Wildman–Crippen MR) is 84.0 cm³/mol. The Balaban J connectivity index is 1.98. The summed E-state index contributed by atoms with van der Waals surface area (Å²) in [4.78, 5) is 25.4. The Labute approximate surface area is 135 Å². The van der Waals surface area contributed by atoms with Crippen LogP contribution in [-0.2, 0) is 12.8 Å². The average molecular weight is 336 g/mol. The summed E-state index contributed by atoms with van der Waals surface area (Å²) in [6.07, 6.45) is 2.56. The first-order chi connectivity index (χ1) is 11.0. The molecule has 2 N–H and O–H groups in total. The van der Waals surface area contributed by atoms with Gasteiger partial charge in [0, 0.05) is 11.9 Å². The van der Waals surface area contributed by atoms with E-state index in [1.54, 1.807) is 0 Å². The number of fused-ring (bicyclic) bond motifs is 1. The van der Waals surface area contributed by atoms with E-state index in [1.807, 2.05) is 0 Å². The standard InChI is InChI=1S/C16H14F2N2O2S/c1-19-14(21)12-8-4-2-7-11(8)23-16(12)20-15(22)13-9(17)5-3-6-10(13)18/h3,5-6H,2,4,7H2,1H3,(H,19,21)(H,20,22). The molecule has 3 rings (SSSR count). The van der Waals surface area contributed by atoms with E-state index < -0.39 is 23.1 Å². The molecule has 2 amide bonds. The number of hydrogen-bond donors (Lipinski definition) is 2. The van der Waals surface area contributed by atoms with Crippen molar-refractivity contribution in [2.45, 2.75) is 19.3 Å². The van der Waals surface area contributed by atoms with E-state index in [0.29, 0.717) is 10.6 Å². The zero-order valence-electron chi connectivity index (χ0n) is 12.3. The third-order valence-corrected chi connectivity index (χ3v) is 5.00. The molecule has 1 aromatic carbocycles. The molecular formula is C16H14F2N2O2S. The highest BCUT2D eigenvalue weighted by molar-refractivity contribution is 7.17. The third-order valence-electron chi connectivity index (χ3n) is 3.79. The maximum atomic E-state index is 13.7. The SMILES string of the molecule is CNC(=O)c1c(NC(=O)c2c(F)cccc2F)sc2c1CCC2. The summed E-state index contributed by atoms with van der Waals surface area (Å²) in [5.41, 5.74) is 0.665. The van der Waals surface area contributed by atoms with Crippen molar-refractivity contribution in [1.82, 2.24) is 5.32 Å². The molecule has 1 aliphatic rings. The van der Waals surface area contributed by atoms with Gasteiger partial charge in [0.15, 0.2) is 0 Å². The Morgan fingerprint density at radius 2 is 1.78 bits per heavy atom. The molecule has 0 aliphatic heterocycles. The van der Waals surface area contributed by atoms with E-state index in [4.69, 9.17) is 0 Å². The second-order valence-corrected chi connectivity index (χ2v) is 6.30. The molecule has 1 heterocycles. The topological polar surface area (TPSA) is 58.2 Å². The molecule has 23 heavy (non-hydrogen) atoms. The Morgan fingerprint density at radius 3 is 2.43 bits per heavy atom. The summed E-state index contributed by atoms with van der Waals surface area (Å²) in [5.74, 6) is -3.08. The number of nitrogens with one attached hydrogen (secondary N) is 2. The van der Waals surface area contributed by atoms with Crippen LogP contribution in [0, 0.1) is 11.6 Å². The minimum atomic E-state index is -0.937. The molecule has 120 valence electrons. The number of anilines is 1. The van der Waals surface area contributed by atoms with Crippen molar-refractivity contribution in [3.8, 4) is 0 Å². The monoisotopic (exact) mass is 336 g/mol. The number of carbonyl (C=O) groups is 2. The van der Waals surface area contributed by atoms with Crippen LogP contribution in [-0.4, -0.2) is 18.9 Å². The van der Waals surface area contributed by atoms with Crippen molar-refractivity contribution in [3.63, 3.8) is 0 Å². The number of thiophene rings is 1. The van der Waals surface area contributed by atoms with Crippen molar-refractivity contribution in [3.05, 3.63) is 51.4 Å². The fraction of sp³-hybridized carbons (Fsp3) is 0.250. The lowest BCUT2D eigenvalue weighted by Gasteiger charge is -2.08. The van der Waals surface area contributed by atoms with Gasteiger partial charge in [-0.1, -0.05) is 6.07 Å². The smallest absolute Gasteiger partial charge is 0.262 e. The maximum absolute atomic E-state index is 13.7. The summed E-state index contributed by atoms with van der Waals surface area (Å²) < 4.78 is 27.4. The molecule has 0 unspecified atom stereocenters. The molecule has 2 aromatic rings. The molecule has 0 saturated carbocycles. The largest absolute Gasteiger partial charge is 0.355 e. The van der Waals surface area contributed by atoms with Gasteiger partial charge in [-0.25, -0.2) is 8.78 Å². The van der Waals surface area contributed by atoms with Gasteiger partial charge in [0.2, 0.25) is 0 Å². The van der Waals surface area contributed by atoms with Gasteiger partial charge >= 0.3 is 0 Å². The van der Waals surface area contributed by atoms with Crippen molar-refractivity contribution < 1.29 is 18.4 Å². The normalized spacial score (nSPS) is 12.8. The summed E-state index contributed by atoms with van der Waals surface area (Å²) in [6.45, 7) is 0. The lowest BCUT2D eigenvalue weighted by atomic mass is 10.1. The Kier molecular flexibility index (Phi) is 4.12. The minimum Gasteiger partial charge on any atom is -0.355 e. The van der Waals surface area contributed by atoms with Gasteiger partial charge in [-0.3, -0.25) is 9.59 Å². The van der Waals surface area contributed by atoms with Crippen molar-refractivity contribution >= 4 is 28.2 Å². The van der Waals surface area contributed by atoms with E-state index in [1.165, 1.54) is 24.5 Å². The fourth-order valence-corrected chi connectivity index (χ4v) is 4.02. The predicted octanol–water partition coefficient (Wildman–Crippen LogP) is 3.13. The van der Waals surface area contributed by atoms with Gasteiger partial charge in [-0.2, -0.15) is 0 Å². The van der Waals surface area contributed by atoms with Gasteiger partial charge in [0.05, 0.1) is 5.56 Å². The van der Waals surface area contributed by atoms with Crippen LogP contribution in [0.2, 0.25) is 0 Å². The van der Waals surface area contributed by atoms with Gasteiger partial charge in [-0.15, -0.1) is 11.3 Å². The van der Waals surface area contributed by atoms with E-state index in [-0.39, 0.29) is 5.91 Å². The number of aryl methyl sites for hydroxylation is 1. The highest BCUT2D eigenvalue weighted by atomic mass is 32.1. The van der Waals surface area contributed by atoms with Crippen LogP contribution in [0.5, 0.6) is 0 Å². The molecule has 1 aromatic heterocycles. The first-order valence-electron chi connectivity index (χ1n) is 7.15. The van der Waals surface area contributed by atoms with Crippen LogP contribution in [0.1, 0.15) is 37.6 Å². The van der Waals surface area contributed by atoms with E-state index in [9.17, 15) is 18.4 Å². The number of carbonyl (C=O) groups excluding carboxylic acids is 2. The van der Waals surface area contributed by atoms with Crippen LogP contribution in [0.3, 0.4) is 0 Å². The number of amides is 2. The summed E-state index contributed by atoms with van der Waals surface area (Å²) >= 11 is 1.29. The number of hydrogen-bond acceptors (Lipinski definition) is 3. The van der Waals surface area contributed by atoms with E-state index in [0.717, 1.165) is 41.8 Å². The zero-order chi connectivity index (χ0) is 16.6.